The number of piperidine rings is 1. The highest BCUT2D eigenvalue weighted by Gasteiger charge is 2.27. The van der Waals surface area contributed by atoms with Crippen LogP contribution in [0.25, 0.3) is 11.0 Å². The van der Waals surface area contributed by atoms with Gasteiger partial charge < -0.3 is 19.7 Å². The molecule has 0 aliphatic carbocycles. The lowest BCUT2D eigenvalue weighted by Gasteiger charge is -2.35. The van der Waals surface area contributed by atoms with Gasteiger partial charge in [-0.05, 0) is 25.1 Å². The number of nitrogens with one attached hydrogen (secondary N) is 1. The van der Waals surface area contributed by atoms with Gasteiger partial charge in [-0.25, -0.2) is 18.7 Å². The summed E-state index contributed by atoms with van der Waals surface area (Å²) in [5.74, 6) is 0.293. The van der Waals surface area contributed by atoms with Crippen LogP contribution in [0.4, 0.5) is 20.4 Å². The zero-order valence-corrected chi connectivity index (χ0v) is 17.1. The van der Waals surface area contributed by atoms with Gasteiger partial charge in [0.2, 0.25) is 0 Å². The third kappa shape index (κ3) is 4.23. The number of ether oxygens (including phenoxy) is 2. The summed E-state index contributed by atoms with van der Waals surface area (Å²) >= 11 is 0. The average Bonchev–Trinajstić information content (AvgIpc) is 2.73. The van der Waals surface area contributed by atoms with Crippen molar-refractivity contribution in [3.63, 3.8) is 0 Å². The fraction of sp³-hybridized carbons (Fsp3) is 0.409. The first-order chi connectivity index (χ1) is 15.0. The van der Waals surface area contributed by atoms with Gasteiger partial charge in [-0.3, -0.25) is 4.98 Å². The largest absolute Gasteiger partial charge is 0.487 e. The number of fused-ring (bicyclic) bond motifs is 1. The van der Waals surface area contributed by atoms with Crippen molar-refractivity contribution in [2.24, 2.45) is 0 Å². The molecule has 7 nitrogen and oxygen atoms in total. The lowest BCUT2D eigenvalue weighted by molar-refractivity contribution is 0.0209. The van der Waals surface area contributed by atoms with E-state index < -0.39 is 11.6 Å². The molecule has 2 saturated heterocycles. The SMILES string of the molecule is Cc1cc2nc(NC3COC3)c(N3CCC(Oc4ccc(F)cc4F)CC3)nc2cn1. The topological polar surface area (TPSA) is 72.4 Å². The number of halogens is 2. The second-order valence-corrected chi connectivity index (χ2v) is 7.97. The molecular weight excluding hydrogens is 404 g/mol. The molecule has 5 rings (SSSR count). The van der Waals surface area contributed by atoms with E-state index in [-0.39, 0.29) is 17.9 Å². The van der Waals surface area contributed by atoms with E-state index in [0.29, 0.717) is 39.1 Å². The molecule has 2 aromatic heterocycles. The molecule has 1 N–H and O–H groups in total. The van der Waals surface area contributed by atoms with E-state index in [9.17, 15) is 8.78 Å². The van der Waals surface area contributed by atoms with Gasteiger partial charge in [0.25, 0.3) is 0 Å². The maximum Gasteiger partial charge on any atom is 0.172 e. The molecule has 31 heavy (non-hydrogen) atoms. The molecule has 0 atom stereocenters. The molecule has 1 aromatic carbocycles. The third-order valence-corrected chi connectivity index (χ3v) is 5.58. The van der Waals surface area contributed by atoms with Crippen LogP contribution >= 0.6 is 0 Å². The van der Waals surface area contributed by atoms with E-state index in [0.717, 1.165) is 34.4 Å². The van der Waals surface area contributed by atoms with E-state index >= 15 is 0 Å². The summed E-state index contributed by atoms with van der Waals surface area (Å²) in [5.41, 5.74) is 2.42. The van der Waals surface area contributed by atoms with E-state index in [4.69, 9.17) is 19.4 Å². The van der Waals surface area contributed by atoms with Gasteiger partial charge in [0.05, 0.1) is 31.0 Å². The Kier molecular flexibility index (Phi) is 5.27. The Hall–Kier alpha value is -3.07. The predicted molar refractivity (Wildman–Crippen MR) is 113 cm³/mol. The molecular formula is C22H23F2N5O2. The number of aryl methyl sites for hydroxylation is 1. The summed E-state index contributed by atoms with van der Waals surface area (Å²) in [6.07, 6.45) is 2.97. The number of benzene rings is 1. The van der Waals surface area contributed by atoms with Crippen LogP contribution in [0, 0.1) is 18.6 Å². The van der Waals surface area contributed by atoms with Gasteiger partial charge in [0.1, 0.15) is 17.4 Å². The number of hydrogen-bond donors (Lipinski definition) is 1. The summed E-state index contributed by atoms with van der Waals surface area (Å²) in [7, 11) is 0. The van der Waals surface area contributed by atoms with Crippen LogP contribution in [0.5, 0.6) is 5.75 Å². The smallest absolute Gasteiger partial charge is 0.172 e. The van der Waals surface area contributed by atoms with Crippen LogP contribution < -0.4 is 15.0 Å². The minimum Gasteiger partial charge on any atom is -0.487 e. The van der Waals surface area contributed by atoms with Crippen molar-refractivity contribution in [3.05, 3.63) is 47.8 Å². The number of nitrogens with zero attached hydrogens (tertiary/aromatic N) is 4. The van der Waals surface area contributed by atoms with Gasteiger partial charge in [-0.2, -0.15) is 0 Å². The first kappa shape index (κ1) is 19.9. The molecule has 2 aliphatic rings. The van der Waals surface area contributed by atoms with Crippen molar-refractivity contribution >= 4 is 22.7 Å². The lowest BCUT2D eigenvalue weighted by Crippen LogP contribution is -2.42. The van der Waals surface area contributed by atoms with E-state index in [1.54, 1.807) is 6.20 Å². The predicted octanol–water partition coefficient (Wildman–Crippen LogP) is 3.47. The maximum atomic E-state index is 13.9. The molecule has 0 spiro atoms. The molecule has 0 amide bonds. The molecule has 0 radical (unpaired) electrons. The second kappa shape index (κ2) is 8.22. The fourth-order valence-electron chi connectivity index (χ4n) is 3.82. The molecule has 2 aliphatic heterocycles. The molecule has 2 fully saturated rings. The second-order valence-electron chi connectivity index (χ2n) is 7.97. The Balaban J connectivity index is 1.34. The van der Waals surface area contributed by atoms with Crippen LogP contribution in [-0.2, 0) is 4.74 Å². The number of aromatic nitrogens is 3. The normalized spacial score (nSPS) is 17.6. The Morgan fingerprint density at radius 1 is 1.10 bits per heavy atom. The van der Waals surface area contributed by atoms with Gasteiger partial charge in [0.15, 0.2) is 23.2 Å². The zero-order valence-electron chi connectivity index (χ0n) is 17.1. The van der Waals surface area contributed by atoms with Crippen molar-refractivity contribution in [2.45, 2.75) is 31.9 Å². The standard InChI is InChI=1S/C22H23F2N5O2/c1-13-8-18-19(10-25-13)28-22(21(27-18)26-15-11-30-12-15)29-6-4-16(5-7-29)31-20-3-2-14(23)9-17(20)24/h2-3,8-10,15-16H,4-7,11-12H2,1H3,(H,26,27). The van der Waals surface area contributed by atoms with Crippen molar-refractivity contribution in [2.75, 3.05) is 36.5 Å². The monoisotopic (exact) mass is 427 g/mol. The third-order valence-electron chi connectivity index (χ3n) is 5.58. The highest BCUT2D eigenvalue weighted by Crippen LogP contribution is 2.30. The van der Waals surface area contributed by atoms with E-state index in [1.165, 1.54) is 12.1 Å². The van der Waals surface area contributed by atoms with Gasteiger partial charge in [0, 0.05) is 37.7 Å². The number of rotatable bonds is 5. The van der Waals surface area contributed by atoms with Crippen LogP contribution in [-0.4, -0.2) is 53.4 Å². The summed E-state index contributed by atoms with van der Waals surface area (Å²) in [5, 5.41) is 3.44. The Morgan fingerprint density at radius 3 is 2.61 bits per heavy atom. The van der Waals surface area contributed by atoms with Crippen molar-refractivity contribution < 1.29 is 18.3 Å². The molecule has 0 bridgehead atoms. The van der Waals surface area contributed by atoms with E-state index in [2.05, 4.69) is 15.2 Å². The Morgan fingerprint density at radius 2 is 1.90 bits per heavy atom. The van der Waals surface area contributed by atoms with E-state index in [1.807, 2.05) is 13.0 Å². The maximum absolute atomic E-state index is 13.9. The number of hydrogen-bond acceptors (Lipinski definition) is 7. The lowest BCUT2D eigenvalue weighted by atomic mass is 10.1. The average molecular weight is 427 g/mol. The molecule has 9 heteroatoms. The summed E-state index contributed by atoms with van der Waals surface area (Å²) < 4.78 is 38.1. The van der Waals surface area contributed by atoms with Gasteiger partial charge in [-0.1, -0.05) is 0 Å². The van der Waals surface area contributed by atoms with Crippen LogP contribution in [0.15, 0.2) is 30.5 Å². The van der Waals surface area contributed by atoms with Gasteiger partial charge in [-0.15, -0.1) is 0 Å². The quantitative estimate of drug-likeness (QED) is 0.668. The Labute approximate surface area is 178 Å². The molecule has 4 heterocycles. The first-order valence-corrected chi connectivity index (χ1v) is 10.4. The van der Waals surface area contributed by atoms with Crippen LogP contribution in [0.3, 0.4) is 0 Å². The molecule has 0 unspecified atom stereocenters. The van der Waals surface area contributed by atoms with Crippen molar-refractivity contribution in [3.8, 4) is 5.75 Å². The molecule has 3 aromatic rings. The van der Waals surface area contributed by atoms with Crippen molar-refractivity contribution in [1.29, 1.82) is 0 Å². The highest BCUT2D eigenvalue weighted by atomic mass is 19.1. The summed E-state index contributed by atoms with van der Waals surface area (Å²) in [6, 6.07) is 5.52. The molecule has 162 valence electrons. The van der Waals surface area contributed by atoms with Crippen molar-refractivity contribution in [1.82, 2.24) is 15.0 Å². The highest BCUT2D eigenvalue weighted by molar-refractivity contribution is 5.80. The minimum atomic E-state index is -0.681. The van der Waals surface area contributed by atoms with Crippen LogP contribution in [0.2, 0.25) is 0 Å². The molecule has 0 saturated carbocycles. The summed E-state index contributed by atoms with van der Waals surface area (Å²) in [4.78, 5) is 16.2. The van der Waals surface area contributed by atoms with Gasteiger partial charge >= 0.3 is 0 Å². The minimum absolute atomic E-state index is 0.0825. The first-order valence-electron chi connectivity index (χ1n) is 10.4. The van der Waals surface area contributed by atoms with Crippen LogP contribution in [0.1, 0.15) is 18.5 Å². The Bertz CT molecular complexity index is 1100. The fourth-order valence-corrected chi connectivity index (χ4v) is 3.82. The number of anilines is 2. The number of pyridine rings is 1. The zero-order chi connectivity index (χ0) is 21.4. The summed E-state index contributed by atoms with van der Waals surface area (Å²) in [6.45, 7) is 4.59.